The number of rotatable bonds is 9. The third-order valence-electron chi connectivity index (χ3n) is 5.38. The summed E-state index contributed by atoms with van der Waals surface area (Å²) >= 11 is 0. The summed E-state index contributed by atoms with van der Waals surface area (Å²) in [5.74, 6) is 1.34. The zero-order chi connectivity index (χ0) is 15.0. The van der Waals surface area contributed by atoms with Crippen molar-refractivity contribution in [3.63, 3.8) is 0 Å². The van der Waals surface area contributed by atoms with Gasteiger partial charge in [0, 0.05) is 6.54 Å². The van der Waals surface area contributed by atoms with Crippen molar-refractivity contribution in [3.8, 4) is 6.07 Å². The van der Waals surface area contributed by atoms with E-state index in [-0.39, 0.29) is 5.54 Å². The van der Waals surface area contributed by atoms with Gasteiger partial charge in [0.15, 0.2) is 0 Å². The first-order valence-electron chi connectivity index (χ1n) is 8.48. The van der Waals surface area contributed by atoms with E-state index in [1.165, 1.54) is 32.2 Å². The van der Waals surface area contributed by atoms with Gasteiger partial charge in [0.1, 0.15) is 5.54 Å². The Hall–Kier alpha value is -0.590. The van der Waals surface area contributed by atoms with Crippen molar-refractivity contribution >= 4 is 0 Å². The molecule has 0 aliphatic heterocycles. The average molecular weight is 279 g/mol. The molecule has 2 unspecified atom stereocenters. The number of nitriles is 1. The Morgan fingerprint density at radius 1 is 1.35 bits per heavy atom. The van der Waals surface area contributed by atoms with Crippen molar-refractivity contribution in [2.75, 3.05) is 26.7 Å². The molecule has 0 bridgehead atoms. The number of hydrogen-bond acceptors (Lipinski definition) is 3. The molecule has 1 rings (SSSR count). The molecule has 0 spiro atoms. The molecule has 0 aromatic rings. The average Bonchev–Trinajstić information content (AvgIpc) is 2.91. The smallest absolute Gasteiger partial charge is 0.109 e. The summed E-state index contributed by atoms with van der Waals surface area (Å²) in [5.41, 5.74) is -0.256. The van der Waals surface area contributed by atoms with Crippen molar-refractivity contribution in [2.24, 2.45) is 11.8 Å². The molecule has 116 valence electrons. The second kappa shape index (κ2) is 8.64. The Morgan fingerprint density at radius 2 is 2.05 bits per heavy atom. The van der Waals surface area contributed by atoms with Gasteiger partial charge in [-0.1, -0.05) is 40.0 Å². The maximum atomic E-state index is 9.50. The Bertz CT molecular complexity index is 306. The summed E-state index contributed by atoms with van der Waals surface area (Å²) in [6.07, 6.45) is 7.12. The topological polar surface area (TPSA) is 39.1 Å². The molecular formula is C17H33N3. The van der Waals surface area contributed by atoms with E-state index < -0.39 is 0 Å². The second-order valence-electron chi connectivity index (χ2n) is 6.29. The second-order valence-corrected chi connectivity index (χ2v) is 6.29. The summed E-state index contributed by atoms with van der Waals surface area (Å²) < 4.78 is 0. The molecule has 0 radical (unpaired) electrons. The first-order chi connectivity index (χ1) is 9.65. The Labute approximate surface area is 125 Å². The van der Waals surface area contributed by atoms with E-state index >= 15 is 0 Å². The van der Waals surface area contributed by atoms with E-state index in [1.807, 2.05) is 7.05 Å². The molecule has 1 fully saturated rings. The van der Waals surface area contributed by atoms with Crippen LogP contribution in [0.4, 0.5) is 0 Å². The van der Waals surface area contributed by atoms with Crippen molar-refractivity contribution in [2.45, 2.75) is 64.8 Å². The Morgan fingerprint density at radius 3 is 2.55 bits per heavy atom. The molecule has 0 aromatic heterocycles. The van der Waals surface area contributed by atoms with E-state index in [9.17, 15) is 5.26 Å². The van der Waals surface area contributed by atoms with Crippen molar-refractivity contribution in [1.82, 2.24) is 10.2 Å². The monoisotopic (exact) mass is 279 g/mol. The summed E-state index contributed by atoms with van der Waals surface area (Å²) in [5, 5.41) is 12.8. The molecule has 0 saturated heterocycles. The van der Waals surface area contributed by atoms with Crippen LogP contribution in [0, 0.1) is 23.2 Å². The number of hydrogen-bond donors (Lipinski definition) is 1. The van der Waals surface area contributed by atoms with Gasteiger partial charge in [0.05, 0.1) is 6.07 Å². The van der Waals surface area contributed by atoms with Crippen LogP contribution in [0.2, 0.25) is 0 Å². The predicted octanol–water partition coefficient (Wildman–Crippen LogP) is 3.42. The first kappa shape index (κ1) is 17.5. The van der Waals surface area contributed by atoms with E-state index in [0.717, 1.165) is 31.8 Å². The Balaban J connectivity index is 2.50. The minimum atomic E-state index is -0.256. The fourth-order valence-corrected chi connectivity index (χ4v) is 3.63. The van der Waals surface area contributed by atoms with Crippen LogP contribution in [0.1, 0.15) is 59.3 Å². The molecule has 2 atom stereocenters. The van der Waals surface area contributed by atoms with Crippen molar-refractivity contribution in [3.05, 3.63) is 0 Å². The lowest BCUT2D eigenvalue weighted by atomic mass is 9.86. The highest BCUT2D eigenvalue weighted by atomic mass is 15.1. The molecule has 1 aliphatic carbocycles. The van der Waals surface area contributed by atoms with E-state index in [0.29, 0.717) is 5.92 Å². The van der Waals surface area contributed by atoms with Crippen LogP contribution in [0.25, 0.3) is 0 Å². The third kappa shape index (κ3) is 4.20. The van der Waals surface area contributed by atoms with Gasteiger partial charge in [-0.15, -0.1) is 0 Å². The molecule has 1 saturated carbocycles. The standard InChI is InChI=1S/C17H33N3/c1-5-15(6-2)13-20(7-3)12-10-16-9-8-11-17(16,14-18)19-4/h15-16,19H,5-13H2,1-4H3. The highest BCUT2D eigenvalue weighted by molar-refractivity contribution is 5.13. The SMILES string of the molecule is CCC(CC)CN(CC)CCC1CCCC1(C#N)NC. The molecule has 1 N–H and O–H groups in total. The molecule has 0 heterocycles. The van der Waals surface area contributed by atoms with E-state index in [1.54, 1.807) is 0 Å². The highest BCUT2D eigenvalue weighted by Crippen LogP contribution is 2.37. The zero-order valence-electron chi connectivity index (χ0n) is 13.9. The lowest BCUT2D eigenvalue weighted by Gasteiger charge is -2.31. The summed E-state index contributed by atoms with van der Waals surface area (Å²) in [6, 6.07) is 2.55. The lowest BCUT2D eigenvalue weighted by molar-refractivity contribution is 0.203. The predicted molar refractivity (Wildman–Crippen MR) is 85.5 cm³/mol. The van der Waals surface area contributed by atoms with Gasteiger partial charge in [0.2, 0.25) is 0 Å². The number of nitrogens with one attached hydrogen (secondary N) is 1. The molecule has 3 nitrogen and oxygen atoms in total. The summed E-state index contributed by atoms with van der Waals surface area (Å²) in [7, 11) is 1.95. The molecule has 0 amide bonds. The van der Waals surface area contributed by atoms with Crippen LogP contribution in [0.3, 0.4) is 0 Å². The minimum Gasteiger partial charge on any atom is -0.303 e. The Kier molecular flexibility index (Phi) is 7.55. The summed E-state index contributed by atoms with van der Waals surface area (Å²) in [4.78, 5) is 2.58. The van der Waals surface area contributed by atoms with Gasteiger partial charge in [-0.25, -0.2) is 0 Å². The maximum Gasteiger partial charge on any atom is 0.109 e. The molecular weight excluding hydrogens is 246 g/mol. The summed E-state index contributed by atoms with van der Waals surface area (Å²) in [6.45, 7) is 10.3. The largest absolute Gasteiger partial charge is 0.303 e. The van der Waals surface area contributed by atoms with Gasteiger partial charge >= 0.3 is 0 Å². The van der Waals surface area contributed by atoms with Gasteiger partial charge in [0.25, 0.3) is 0 Å². The van der Waals surface area contributed by atoms with Crippen LogP contribution in [-0.2, 0) is 0 Å². The molecule has 0 aromatic carbocycles. The maximum absolute atomic E-state index is 9.50. The fourth-order valence-electron chi connectivity index (χ4n) is 3.63. The van der Waals surface area contributed by atoms with Crippen LogP contribution >= 0.6 is 0 Å². The minimum absolute atomic E-state index is 0.256. The molecule has 1 aliphatic rings. The molecule has 3 heteroatoms. The van der Waals surface area contributed by atoms with Gasteiger partial charge in [-0.2, -0.15) is 5.26 Å². The van der Waals surface area contributed by atoms with Gasteiger partial charge in [-0.05, 0) is 51.2 Å². The normalized spacial score (nSPS) is 26.4. The highest BCUT2D eigenvalue weighted by Gasteiger charge is 2.41. The van der Waals surface area contributed by atoms with Gasteiger partial charge < -0.3 is 10.2 Å². The zero-order valence-corrected chi connectivity index (χ0v) is 13.9. The van der Waals surface area contributed by atoms with Crippen molar-refractivity contribution in [1.29, 1.82) is 5.26 Å². The quantitative estimate of drug-likeness (QED) is 0.703. The van der Waals surface area contributed by atoms with Crippen LogP contribution in [0.15, 0.2) is 0 Å². The van der Waals surface area contributed by atoms with Crippen LogP contribution in [-0.4, -0.2) is 37.1 Å². The van der Waals surface area contributed by atoms with E-state index in [4.69, 9.17) is 0 Å². The van der Waals surface area contributed by atoms with Crippen LogP contribution in [0.5, 0.6) is 0 Å². The van der Waals surface area contributed by atoms with Crippen molar-refractivity contribution < 1.29 is 0 Å². The third-order valence-corrected chi connectivity index (χ3v) is 5.38. The van der Waals surface area contributed by atoms with Crippen LogP contribution < -0.4 is 5.32 Å². The number of nitrogens with zero attached hydrogens (tertiary/aromatic N) is 2. The first-order valence-corrected chi connectivity index (χ1v) is 8.48. The van der Waals surface area contributed by atoms with E-state index in [2.05, 4.69) is 37.1 Å². The van der Waals surface area contributed by atoms with Gasteiger partial charge in [-0.3, -0.25) is 0 Å². The lowest BCUT2D eigenvalue weighted by Crippen LogP contribution is -2.46. The molecule has 20 heavy (non-hydrogen) atoms. The fraction of sp³-hybridized carbons (Fsp3) is 0.941.